The minimum atomic E-state index is -1.10. The van der Waals surface area contributed by atoms with Crippen LogP contribution < -0.4 is 0 Å². The Hall–Kier alpha value is -0.443. The molecule has 1 rings (SSSR count). The molecule has 2 nitrogen and oxygen atoms in total. The van der Waals surface area contributed by atoms with Crippen molar-refractivity contribution in [2.45, 2.75) is 26.1 Å². The molecule has 0 aromatic carbocycles. The number of rotatable bonds is 1. The van der Waals surface area contributed by atoms with Crippen molar-refractivity contribution in [2.24, 2.45) is 10.2 Å². The van der Waals surface area contributed by atoms with Crippen LogP contribution in [0.15, 0.2) is 10.2 Å². The van der Waals surface area contributed by atoms with Crippen LogP contribution in [0.5, 0.6) is 0 Å². The highest BCUT2D eigenvalue weighted by Gasteiger charge is 2.22. The van der Waals surface area contributed by atoms with Crippen LogP contribution in [0.2, 0.25) is 19.6 Å². The molecule has 0 bridgehead atoms. The van der Waals surface area contributed by atoms with Crippen LogP contribution in [-0.2, 0) is 0 Å². The van der Waals surface area contributed by atoms with E-state index in [0.29, 0.717) is 0 Å². The van der Waals surface area contributed by atoms with Crippen LogP contribution in [0.25, 0.3) is 0 Å². The quantitative estimate of drug-likeness (QED) is 0.495. The summed E-state index contributed by atoms with van der Waals surface area (Å²) in [4.78, 5) is 0. The predicted octanol–water partition coefficient (Wildman–Crippen LogP) is 1.69. The maximum Gasteiger partial charge on any atom is 0.0988 e. The van der Waals surface area contributed by atoms with Gasteiger partial charge >= 0.3 is 0 Å². The standard InChI is InChI=1S/C6H12N2Si/c1-9(2,3)6-4-5-7-8-6/h5H,4H2,1-3H3. The first-order valence-corrected chi connectivity index (χ1v) is 6.69. The molecule has 0 fully saturated rings. The molecular formula is C6H12N2Si. The number of nitrogens with zero attached hydrogens (tertiary/aromatic N) is 2. The van der Waals surface area contributed by atoms with Gasteiger partial charge in [0.2, 0.25) is 0 Å². The lowest BCUT2D eigenvalue weighted by molar-refractivity contribution is 1.28. The highest BCUT2D eigenvalue weighted by Crippen LogP contribution is 2.09. The second-order valence-electron chi connectivity index (χ2n) is 3.30. The highest BCUT2D eigenvalue weighted by molar-refractivity contribution is 7.05. The first-order valence-electron chi connectivity index (χ1n) is 3.19. The summed E-state index contributed by atoms with van der Waals surface area (Å²) in [7, 11) is -1.10. The van der Waals surface area contributed by atoms with Gasteiger partial charge in [-0.2, -0.15) is 10.2 Å². The molecule has 0 saturated carbocycles. The molecule has 1 aliphatic heterocycles. The molecule has 1 heterocycles. The summed E-state index contributed by atoms with van der Waals surface area (Å²) >= 11 is 0. The van der Waals surface area contributed by atoms with Crippen molar-refractivity contribution in [1.82, 2.24) is 0 Å². The molecule has 1 aliphatic rings. The summed E-state index contributed by atoms with van der Waals surface area (Å²) in [5.74, 6) is 0. The van der Waals surface area contributed by atoms with Gasteiger partial charge in [-0.15, -0.1) is 0 Å². The molecule has 0 spiro atoms. The Labute approximate surface area is 56.7 Å². The molecule has 0 unspecified atom stereocenters. The summed E-state index contributed by atoms with van der Waals surface area (Å²) in [6.07, 6.45) is 2.88. The molecule has 9 heavy (non-hydrogen) atoms. The molecule has 0 aromatic rings. The van der Waals surface area contributed by atoms with Crippen molar-refractivity contribution in [1.29, 1.82) is 0 Å². The summed E-state index contributed by atoms with van der Waals surface area (Å²) in [6, 6.07) is 0. The van der Waals surface area contributed by atoms with Crippen molar-refractivity contribution in [3.05, 3.63) is 0 Å². The van der Waals surface area contributed by atoms with Crippen LogP contribution in [0, 0.1) is 0 Å². The molecule has 50 valence electrons. The molecule has 0 amide bonds. The minimum Gasteiger partial charge on any atom is -0.165 e. The SMILES string of the molecule is C[Si](C)(C)C1=NN=CC1. The van der Waals surface area contributed by atoms with Gasteiger partial charge in [0.25, 0.3) is 0 Å². The van der Waals surface area contributed by atoms with Gasteiger partial charge in [0.05, 0.1) is 8.07 Å². The van der Waals surface area contributed by atoms with Crippen molar-refractivity contribution in [3.8, 4) is 0 Å². The van der Waals surface area contributed by atoms with Gasteiger partial charge in [0.15, 0.2) is 0 Å². The first kappa shape index (κ1) is 6.67. The van der Waals surface area contributed by atoms with Gasteiger partial charge in [0, 0.05) is 18.0 Å². The topological polar surface area (TPSA) is 24.7 Å². The fourth-order valence-electron chi connectivity index (χ4n) is 0.735. The summed E-state index contributed by atoms with van der Waals surface area (Å²) in [5, 5.41) is 9.21. The predicted molar refractivity (Wildman–Crippen MR) is 43.9 cm³/mol. The fraction of sp³-hybridized carbons (Fsp3) is 0.667. The van der Waals surface area contributed by atoms with Crippen LogP contribution in [0.3, 0.4) is 0 Å². The van der Waals surface area contributed by atoms with E-state index in [1.807, 2.05) is 6.21 Å². The van der Waals surface area contributed by atoms with Crippen LogP contribution in [0.4, 0.5) is 0 Å². The number of hydrogen-bond donors (Lipinski definition) is 0. The van der Waals surface area contributed by atoms with E-state index in [9.17, 15) is 0 Å². The Morgan fingerprint density at radius 1 is 1.44 bits per heavy atom. The highest BCUT2D eigenvalue weighted by atomic mass is 28.3. The average Bonchev–Trinajstić information content (AvgIpc) is 2.08. The molecule has 0 radical (unpaired) electrons. The van der Waals surface area contributed by atoms with E-state index in [1.54, 1.807) is 0 Å². The summed E-state index contributed by atoms with van der Waals surface area (Å²) in [5.41, 5.74) is 0. The Kier molecular flexibility index (Phi) is 1.53. The molecule has 0 saturated heterocycles. The van der Waals surface area contributed by atoms with Gasteiger partial charge < -0.3 is 0 Å². The lowest BCUT2D eigenvalue weighted by Gasteiger charge is -2.13. The smallest absolute Gasteiger partial charge is 0.0988 e. The Bertz CT molecular complexity index is 164. The third-order valence-corrected chi connectivity index (χ3v) is 3.45. The van der Waals surface area contributed by atoms with Crippen LogP contribution >= 0.6 is 0 Å². The van der Waals surface area contributed by atoms with Crippen LogP contribution in [0.1, 0.15) is 6.42 Å². The number of hydrogen-bond acceptors (Lipinski definition) is 2. The normalized spacial score (nSPS) is 18.3. The summed E-state index contributed by atoms with van der Waals surface area (Å²) in [6.45, 7) is 6.88. The molecule has 0 N–H and O–H groups in total. The average molecular weight is 140 g/mol. The third kappa shape index (κ3) is 1.48. The zero-order valence-electron chi connectivity index (χ0n) is 6.18. The molecule has 3 heteroatoms. The van der Waals surface area contributed by atoms with Gasteiger partial charge in [0.1, 0.15) is 0 Å². The summed E-state index contributed by atoms with van der Waals surface area (Å²) < 4.78 is 0. The van der Waals surface area contributed by atoms with E-state index in [-0.39, 0.29) is 0 Å². The van der Waals surface area contributed by atoms with Crippen molar-refractivity contribution in [2.75, 3.05) is 0 Å². The van der Waals surface area contributed by atoms with E-state index in [2.05, 4.69) is 29.8 Å². The van der Waals surface area contributed by atoms with E-state index in [1.165, 1.54) is 5.33 Å². The second kappa shape index (κ2) is 2.06. The monoisotopic (exact) mass is 140 g/mol. The zero-order chi connectivity index (χ0) is 6.91. The Morgan fingerprint density at radius 3 is 2.33 bits per heavy atom. The third-order valence-electron chi connectivity index (χ3n) is 1.41. The maximum absolute atomic E-state index is 4.05. The van der Waals surface area contributed by atoms with Gasteiger partial charge in [-0.05, 0) is 0 Å². The van der Waals surface area contributed by atoms with Gasteiger partial charge in [-0.25, -0.2) is 0 Å². The zero-order valence-corrected chi connectivity index (χ0v) is 7.18. The molecule has 0 atom stereocenters. The second-order valence-corrected chi connectivity index (χ2v) is 8.38. The molecule has 0 aromatic heterocycles. The Morgan fingerprint density at radius 2 is 2.11 bits per heavy atom. The molecule has 0 aliphatic carbocycles. The van der Waals surface area contributed by atoms with Crippen molar-refractivity contribution in [3.63, 3.8) is 0 Å². The van der Waals surface area contributed by atoms with E-state index >= 15 is 0 Å². The van der Waals surface area contributed by atoms with E-state index in [4.69, 9.17) is 0 Å². The minimum absolute atomic E-state index is 0.996. The van der Waals surface area contributed by atoms with Gasteiger partial charge in [-0.3, -0.25) is 0 Å². The van der Waals surface area contributed by atoms with Crippen molar-refractivity contribution < 1.29 is 0 Å². The maximum atomic E-state index is 4.05. The lowest BCUT2D eigenvalue weighted by Crippen LogP contribution is -2.32. The van der Waals surface area contributed by atoms with Gasteiger partial charge in [-0.1, -0.05) is 19.6 Å². The van der Waals surface area contributed by atoms with E-state index in [0.717, 1.165) is 6.42 Å². The van der Waals surface area contributed by atoms with E-state index < -0.39 is 8.07 Å². The fourth-order valence-corrected chi connectivity index (χ4v) is 1.80. The van der Waals surface area contributed by atoms with Crippen LogP contribution in [-0.4, -0.2) is 19.6 Å². The first-order chi connectivity index (χ1) is 4.11. The lowest BCUT2D eigenvalue weighted by atomic mass is 10.5. The molecular weight excluding hydrogens is 128 g/mol. The Balaban J connectivity index is 2.66. The largest absolute Gasteiger partial charge is 0.165 e. The van der Waals surface area contributed by atoms with Crippen molar-refractivity contribution >= 4 is 19.6 Å².